The topological polar surface area (TPSA) is 92.0 Å². The molecule has 2 N–H and O–H groups in total. The molecule has 1 aliphatic rings. The third kappa shape index (κ3) is 5.99. The van der Waals surface area contributed by atoms with Crippen LogP contribution in [-0.4, -0.2) is 27.5 Å². The van der Waals surface area contributed by atoms with Crippen molar-refractivity contribution in [3.63, 3.8) is 0 Å². The summed E-state index contributed by atoms with van der Waals surface area (Å²) in [6.07, 6.45) is 8.44. The maximum absolute atomic E-state index is 11.7. The predicted octanol–water partition coefficient (Wildman–Crippen LogP) is 6.33. The van der Waals surface area contributed by atoms with Crippen molar-refractivity contribution in [3.05, 3.63) is 81.3 Å². The van der Waals surface area contributed by atoms with Crippen LogP contribution in [0.1, 0.15) is 77.2 Å². The van der Waals surface area contributed by atoms with Gasteiger partial charge in [0.2, 0.25) is 0 Å². The summed E-state index contributed by atoms with van der Waals surface area (Å²) in [6.45, 7) is 0.423. The van der Waals surface area contributed by atoms with Gasteiger partial charge in [-0.1, -0.05) is 55.5 Å². The molecular formula is C26H28N2O4S. The highest BCUT2D eigenvalue weighted by atomic mass is 32.1. The van der Waals surface area contributed by atoms with Crippen LogP contribution >= 0.6 is 11.3 Å². The Labute approximate surface area is 197 Å². The number of rotatable bonds is 9. The van der Waals surface area contributed by atoms with Crippen LogP contribution < -0.4 is 4.74 Å². The molecular weight excluding hydrogens is 436 g/mol. The summed E-state index contributed by atoms with van der Waals surface area (Å²) in [4.78, 5) is 15.9. The Morgan fingerprint density at radius 2 is 1.97 bits per heavy atom. The summed E-state index contributed by atoms with van der Waals surface area (Å²) in [5.41, 5.74) is 5.61. The van der Waals surface area contributed by atoms with Crippen molar-refractivity contribution < 1.29 is 19.8 Å². The van der Waals surface area contributed by atoms with Crippen LogP contribution in [-0.2, 0) is 6.61 Å². The summed E-state index contributed by atoms with van der Waals surface area (Å²) in [5, 5.41) is 24.0. The molecule has 1 aromatic heterocycles. The first-order valence-electron chi connectivity index (χ1n) is 11.3. The second kappa shape index (κ2) is 11.1. The van der Waals surface area contributed by atoms with E-state index in [1.165, 1.54) is 38.3 Å². The predicted molar refractivity (Wildman–Crippen MR) is 129 cm³/mol. The highest BCUT2D eigenvalue weighted by Gasteiger charge is 2.24. The maximum atomic E-state index is 11.7. The number of hydrogen-bond acceptors (Lipinski definition) is 6. The Morgan fingerprint density at radius 3 is 2.64 bits per heavy atom. The number of nitrogens with zero attached hydrogens (tertiary/aromatic N) is 2. The van der Waals surface area contributed by atoms with Crippen molar-refractivity contribution in [2.24, 2.45) is 11.1 Å². The lowest BCUT2D eigenvalue weighted by atomic mass is 9.76. The summed E-state index contributed by atoms with van der Waals surface area (Å²) >= 11 is 1.54. The normalized spacial score (nSPS) is 15.5. The molecule has 0 amide bonds. The number of aromatic nitrogens is 1. The highest BCUT2D eigenvalue weighted by Crippen LogP contribution is 2.38. The first-order chi connectivity index (χ1) is 16.1. The minimum atomic E-state index is -0.967. The fourth-order valence-electron chi connectivity index (χ4n) is 4.65. The van der Waals surface area contributed by atoms with Gasteiger partial charge in [0.1, 0.15) is 12.4 Å². The van der Waals surface area contributed by atoms with E-state index in [0.717, 1.165) is 34.6 Å². The number of ether oxygens (including phenoxy) is 1. The Bertz CT molecular complexity index is 1070. The zero-order valence-corrected chi connectivity index (χ0v) is 19.2. The maximum Gasteiger partial charge on any atom is 0.335 e. The molecule has 6 nitrogen and oxygen atoms in total. The molecule has 7 heteroatoms. The van der Waals surface area contributed by atoms with Crippen LogP contribution in [0.2, 0.25) is 0 Å². The van der Waals surface area contributed by atoms with Crippen molar-refractivity contribution in [1.29, 1.82) is 0 Å². The number of carboxylic acids is 1. The minimum Gasteiger partial charge on any atom is -0.487 e. The Balaban J connectivity index is 1.65. The number of aromatic carboxylic acids is 1. The van der Waals surface area contributed by atoms with Gasteiger partial charge in [0.25, 0.3) is 0 Å². The molecule has 1 atom stereocenters. The molecule has 0 spiro atoms. The molecule has 1 unspecified atom stereocenters. The highest BCUT2D eigenvalue weighted by molar-refractivity contribution is 7.07. The molecule has 1 fully saturated rings. The third-order valence-electron chi connectivity index (χ3n) is 6.35. The molecule has 0 aliphatic heterocycles. The molecule has 3 aromatic rings. The molecule has 4 rings (SSSR count). The number of carbonyl (C=O) groups is 1. The van der Waals surface area contributed by atoms with E-state index in [4.69, 9.17) is 4.74 Å². The summed E-state index contributed by atoms with van der Waals surface area (Å²) in [5.74, 6) is 0.371. The number of oxime groups is 1. The van der Waals surface area contributed by atoms with Crippen LogP contribution in [0.5, 0.6) is 5.75 Å². The van der Waals surface area contributed by atoms with Gasteiger partial charge in [-0.3, -0.25) is 0 Å². The average molecular weight is 465 g/mol. The standard InChI is InChI=1S/C26H28N2O4S/c29-26(30)20-6-7-21(14-28-31)25(13-20)24(12-18-4-2-1-3-5-18)19-8-10-23(11-9-19)32-15-22-16-33-17-27-22/h6-11,13-14,16-18,24,31H,1-5,12,15H2,(H,29,30). The van der Waals surface area contributed by atoms with E-state index >= 15 is 0 Å². The second-order valence-corrected chi connectivity index (χ2v) is 9.24. The van der Waals surface area contributed by atoms with E-state index in [0.29, 0.717) is 12.5 Å². The monoisotopic (exact) mass is 464 g/mol. The lowest BCUT2D eigenvalue weighted by Gasteiger charge is -2.28. The van der Waals surface area contributed by atoms with Crippen molar-refractivity contribution in [2.75, 3.05) is 0 Å². The molecule has 1 saturated carbocycles. The summed E-state index contributed by atoms with van der Waals surface area (Å²) in [7, 11) is 0. The van der Waals surface area contributed by atoms with Crippen LogP contribution in [0.25, 0.3) is 0 Å². The minimum absolute atomic E-state index is 0.00649. The first kappa shape index (κ1) is 23.0. The summed E-state index contributed by atoms with van der Waals surface area (Å²) < 4.78 is 5.87. The number of thiazole rings is 1. The van der Waals surface area contributed by atoms with Crippen LogP contribution in [0.15, 0.2) is 58.5 Å². The van der Waals surface area contributed by atoms with Gasteiger partial charge in [-0.05, 0) is 53.3 Å². The van der Waals surface area contributed by atoms with E-state index in [9.17, 15) is 15.1 Å². The van der Waals surface area contributed by atoms with Gasteiger partial charge in [-0.25, -0.2) is 9.78 Å². The van der Waals surface area contributed by atoms with Crippen molar-refractivity contribution in [3.8, 4) is 5.75 Å². The van der Waals surface area contributed by atoms with Crippen LogP contribution in [0.3, 0.4) is 0 Å². The SMILES string of the molecule is O=C(O)c1ccc(C=NO)c(C(CC2CCCCC2)c2ccc(OCc3cscn3)cc2)c1. The van der Waals surface area contributed by atoms with Crippen molar-refractivity contribution >= 4 is 23.5 Å². The zero-order valence-electron chi connectivity index (χ0n) is 18.4. The molecule has 2 aromatic carbocycles. The van der Waals surface area contributed by atoms with Crippen LogP contribution in [0.4, 0.5) is 0 Å². The summed E-state index contributed by atoms with van der Waals surface area (Å²) in [6, 6.07) is 13.0. The van der Waals surface area contributed by atoms with Gasteiger partial charge in [-0.2, -0.15) is 0 Å². The molecule has 1 aliphatic carbocycles. The number of carboxylic acid groups (broad SMARTS) is 1. The van der Waals surface area contributed by atoms with Gasteiger partial charge in [0, 0.05) is 11.3 Å². The molecule has 1 heterocycles. The smallest absolute Gasteiger partial charge is 0.335 e. The fraction of sp³-hybridized carbons (Fsp3) is 0.346. The second-order valence-electron chi connectivity index (χ2n) is 8.52. The van der Waals surface area contributed by atoms with Crippen molar-refractivity contribution in [2.45, 2.75) is 51.0 Å². The Hall–Kier alpha value is -3.19. The number of benzene rings is 2. The molecule has 33 heavy (non-hydrogen) atoms. The third-order valence-corrected chi connectivity index (χ3v) is 6.99. The molecule has 0 saturated heterocycles. The largest absolute Gasteiger partial charge is 0.487 e. The lowest BCUT2D eigenvalue weighted by Crippen LogP contribution is -2.14. The van der Waals surface area contributed by atoms with E-state index in [1.54, 1.807) is 35.0 Å². The first-order valence-corrected chi connectivity index (χ1v) is 12.2. The Morgan fingerprint density at radius 1 is 1.18 bits per heavy atom. The van der Waals surface area contributed by atoms with E-state index in [1.807, 2.05) is 17.5 Å². The lowest BCUT2D eigenvalue weighted by molar-refractivity contribution is 0.0696. The fourth-order valence-corrected chi connectivity index (χ4v) is 5.19. The average Bonchev–Trinajstić information content (AvgIpc) is 3.37. The van der Waals surface area contributed by atoms with E-state index in [-0.39, 0.29) is 11.5 Å². The van der Waals surface area contributed by atoms with Crippen molar-refractivity contribution in [1.82, 2.24) is 4.98 Å². The van der Waals surface area contributed by atoms with Gasteiger partial charge in [0.15, 0.2) is 0 Å². The van der Waals surface area contributed by atoms with E-state index in [2.05, 4.69) is 22.3 Å². The molecule has 0 bridgehead atoms. The van der Waals surface area contributed by atoms with Gasteiger partial charge in [-0.15, -0.1) is 11.3 Å². The van der Waals surface area contributed by atoms with E-state index < -0.39 is 5.97 Å². The Kier molecular flexibility index (Phi) is 7.73. The zero-order chi connectivity index (χ0) is 23.0. The van der Waals surface area contributed by atoms with Gasteiger partial charge >= 0.3 is 5.97 Å². The van der Waals surface area contributed by atoms with Gasteiger partial charge < -0.3 is 15.1 Å². The molecule has 0 radical (unpaired) electrons. The quantitative estimate of drug-likeness (QED) is 0.219. The van der Waals surface area contributed by atoms with Gasteiger partial charge in [0.05, 0.1) is 23.0 Å². The van der Waals surface area contributed by atoms with Crippen LogP contribution in [0, 0.1) is 5.92 Å². The molecule has 172 valence electrons. The number of hydrogen-bond donors (Lipinski definition) is 2.